The Morgan fingerprint density at radius 1 is 1.26 bits per heavy atom. The van der Waals surface area contributed by atoms with Crippen molar-refractivity contribution in [2.75, 3.05) is 13.1 Å². The Morgan fingerprint density at radius 2 is 2.05 bits per heavy atom. The topological polar surface area (TPSA) is 54.2 Å². The Balaban J connectivity index is 1.79. The van der Waals surface area contributed by atoms with E-state index in [1.807, 2.05) is 41.9 Å². The van der Waals surface area contributed by atoms with Gasteiger partial charge in [-0.2, -0.15) is 0 Å². The molecule has 0 unspecified atom stereocenters. The van der Waals surface area contributed by atoms with Crippen LogP contribution >= 0.6 is 0 Å². The summed E-state index contributed by atoms with van der Waals surface area (Å²) in [5.41, 5.74) is 1.07. The number of benzene rings is 1. The lowest BCUT2D eigenvalue weighted by molar-refractivity contribution is 0.173. The third-order valence-corrected chi connectivity index (χ3v) is 3.61. The smallest absolute Gasteiger partial charge is 0.163 e. The van der Waals surface area contributed by atoms with Crippen LogP contribution < -0.4 is 0 Å². The van der Waals surface area contributed by atoms with Gasteiger partial charge in [0.25, 0.3) is 0 Å². The number of β-amino-alcohol motifs (C(OH)–C–C–N with tert-alkyl or cyclic N) is 1. The summed E-state index contributed by atoms with van der Waals surface area (Å²) in [5.74, 6) is 1.82. The monoisotopic (exact) mass is 258 g/mol. The molecule has 0 bridgehead atoms. The van der Waals surface area contributed by atoms with Crippen molar-refractivity contribution in [2.45, 2.75) is 19.1 Å². The highest BCUT2D eigenvalue weighted by atomic mass is 16.3. The number of hydrogen-bond donors (Lipinski definition) is 1. The van der Waals surface area contributed by atoms with E-state index in [1.165, 1.54) is 0 Å². The quantitative estimate of drug-likeness (QED) is 0.894. The van der Waals surface area contributed by atoms with E-state index in [-0.39, 0.29) is 6.10 Å². The maximum atomic E-state index is 9.55. The summed E-state index contributed by atoms with van der Waals surface area (Å²) in [7, 11) is 1.99. The van der Waals surface area contributed by atoms with E-state index in [2.05, 4.69) is 15.1 Å². The minimum absolute atomic E-state index is 0.193. The lowest BCUT2D eigenvalue weighted by Crippen LogP contribution is -2.23. The molecule has 5 heteroatoms. The number of rotatable bonds is 3. The molecule has 0 radical (unpaired) electrons. The van der Waals surface area contributed by atoms with Crippen LogP contribution in [0.1, 0.15) is 12.2 Å². The van der Waals surface area contributed by atoms with Gasteiger partial charge in [0.1, 0.15) is 5.82 Å². The second-order valence-corrected chi connectivity index (χ2v) is 5.04. The summed E-state index contributed by atoms with van der Waals surface area (Å²) in [4.78, 5) is 2.21. The maximum absolute atomic E-state index is 9.55. The summed E-state index contributed by atoms with van der Waals surface area (Å²) in [6.07, 6.45) is 0.658. The van der Waals surface area contributed by atoms with E-state index >= 15 is 0 Å². The molecule has 1 aliphatic rings. The van der Waals surface area contributed by atoms with Gasteiger partial charge in [-0.25, -0.2) is 0 Å². The van der Waals surface area contributed by atoms with Gasteiger partial charge in [0.2, 0.25) is 0 Å². The minimum atomic E-state index is -0.193. The van der Waals surface area contributed by atoms with Gasteiger partial charge in [-0.15, -0.1) is 10.2 Å². The Labute approximate surface area is 112 Å². The van der Waals surface area contributed by atoms with Gasteiger partial charge in [-0.3, -0.25) is 4.90 Å². The van der Waals surface area contributed by atoms with Crippen molar-refractivity contribution >= 4 is 0 Å². The molecule has 0 amide bonds. The van der Waals surface area contributed by atoms with Crippen molar-refractivity contribution < 1.29 is 5.11 Å². The lowest BCUT2D eigenvalue weighted by Gasteiger charge is -2.14. The van der Waals surface area contributed by atoms with Crippen molar-refractivity contribution in [3.05, 3.63) is 36.2 Å². The Bertz CT molecular complexity index is 552. The molecule has 5 nitrogen and oxygen atoms in total. The normalized spacial score (nSPS) is 20.0. The molecule has 1 fully saturated rings. The molecule has 0 aliphatic carbocycles. The van der Waals surface area contributed by atoms with Crippen molar-refractivity contribution in [2.24, 2.45) is 7.05 Å². The summed E-state index contributed by atoms with van der Waals surface area (Å²) < 4.78 is 2.03. The van der Waals surface area contributed by atoms with Crippen LogP contribution in [0.3, 0.4) is 0 Å². The van der Waals surface area contributed by atoms with Crippen LogP contribution in [0.5, 0.6) is 0 Å². The number of aromatic nitrogens is 3. The zero-order valence-corrected chi connectivity index (χ0v) is 11.0. The summed E-state index contributed by atoms with van der Waals surface area (Å²) in [6.45, 7) is 2.40. The molecular weight excluding hydrogens is 240 g/mol. The van der Waals surface area contributed by atoms with E-state index in [9.17, 15) is 5.11 Å². The first-order valence-electron chi connectivity index (χ1n) is 6.58. The molecule has 1 aromatic heterocycles. The van der Waals surface area contributed by atoms with E-state index in [4.69, 9.17) is 0 Å². The van der Waals surface area contributed by atoms with Crippen LogP contribution in [0.4, 0.5) is 0 Å². The summed E-state index contributed by atoms with van der Waals surface area (Å²) in [5, 5.41) is 18.1. The molecule has 1 aromatic carbocycles. The van der Waals surface area contributed by atoms with Gasteiger partial charge in [0.15, 0.2) is 5.82 Å². The fourth-order valence-electron chi connectivity index (χ4n) is 2.49. The zero-order valence-electron chi connectivity index (χ0n) is 11.0. The van der Waals surface area contributed by atoms with Crippen molar-refractivity contribution in [3.8, 4) is 11.4 Å². The van der Waals surface area contributed by atoms with Crippen LogP contribution in [0.15, 0.2) is 30.3 Å². The predicted octanol–water partition coefficient (Wildman–Crippen LogP) is 1.05. The average Bonchev–Trinajstić information content (AvgIpc) is 2.99. The first-order chi connectivity index (χ1) is 9.24. The molecule has 2 aromatic rings. The third-order valence-electron chi connectivity index (χ3n) is 3.61. The zero-order chi connectivity index (χ0) is 13.2. The van der Waals surface area contributed by atoms with E-state index in [0.717, 1.165) is 43.3 Å². The standard InChI is InChI=1S/C14H18N4O/c1-17-13(10-18-8-7-12(19)9-18)15-16-14(17)11-5-3-2-4-6-11/h2-6,12,19H,7-10H2,1H3/t12-/m0/s1. The molecule has 19 heavy (non-hydrogen) atoms. The molecular formula is C14H18N4O. The molecule has 3 rings (SSSR count). The summed E-state index contributed by atoms with van der Waals surface area (Å²) >= 11 is 0. The highest BCUT2D eigenvalue weighted by molar-refractivity contribution is 5.54. The molecule has 1 aliphatic heterocycles. The first-order valence-corrected chi connectivity index (χ1v) is 6.58. The number of nitrogens with zero attached hydrogens (tertiary/aromatic N) is 4. The van der Waals surface area contributed by atoms with Crippen molar-refractivity contribution in [1.82, 2.24) is 19.7 Å². The van der Waals surface area contributed by atoms with E-state index in [0.29, 0.717) is 0 Å². The highest BCUT2D eigenvalue weighted by Gasteiger charge is 2.22. The van der Waals surface area contributed by atoms with E-state index < -0.39 is 0 Å². The van der Waals surface area contributed by atoms with Gasteiger partial charge in [0, 0.05) is 25.7 Å². The second-order valence-electron chi connectivity index (χ2n) is 5.04. The molecule has 1 N–H and O–H groups in total. The van der Waals surface area contributed by atoms with Crippen molar-refractivity contribution in [1.29, 1.82) is 0 Å². The first kappa shape index (κ1) is 12.3. The van der Waals surface area contributed by atoms with Crippen molar-refractivity contribution in [3.63, 3.8) is 0 Å². The lowest BCUT2D eigenvalue weighted by atomic mass is 10.2. The number of hydrogen-bond acceptors (Lipinski definition) is 4. The third kappa shape index (κ3) is 2.52. The number of likely N-dealkylation sites (tertiary alicyclic amines) is 1. The molecule has 100 valence electrons. The predicted molar refractivity (Wildman–Crippen MR) is 72.3 cm³/mol. The molecule has 0 spiro atoms. The molecule has 0 saturated carbocycles. The molecule has 1 saturated heterocycles. The highest BCUT2D eigenvalue weighted by Crippen LogP contribution is 2.18. The fraction of sp³-hybridized carbons (Fsp3) is 0.429. The van der Waals surface area contributed by atoms with Gasteiger partial charge in [-0.05, 0) is 6.42 Å². The van der Waals surface area contributed by atoms with Gasteiger partial charge in [0.05, 0.1) is 12.6 Å². The maximum Gasteiger partial charge on any atom is 0.163 e. The van der Waals surface area contributed by atoms with Crippen LogP contribution in [0.2, 0.25) is 0 Å². The van der Waals surface area contributed by atoms with Crippen LogP contribution in [0.25, 0.3) is 11.4 Å². The number of aliphatic hydroxyl groups is 1. The second kappa shape index (κ2) is 5.11. The van der Waals surface area contributed by atoms with Crippen LogP contribution in [0, 0.1) is 0 Å². The van der Waals surface area contributed by atoms with E-state index in [1.54, 1.807) is 0 Å². The Morgan fingerprint density at radius 3 is 2.74 bits per heavy atom. The minimum Gasteiger partial charge on any atom is -0.392 e. The van der Waals surface area contributed by atoms with Gasteiger partial charge in [-0.1, -0.05) is 30.3 Å². The van der Waals surface area contributed by atoms with Crippen LogP contribution in [-0.4, -0.2) is 44.0 Å². The average molecular weight is 258 g/mol. The van der Waals surface area contributed by atoms with Gasteiger partial charge >= 0.3 is 0 Å². The van der Waals surface area contributed by atoms with Crippen LogP contribution in [-0.2, 0) is 13.6 Å². The van der Waals surface area contributed by atoms with Gasteiger partial charge < -0.3 is 9.67 Å². The number of aliphatic hydroxyl groups excluding tert-OH is 1. The fourth-order valence-corrected chi connectivity index (χ4v) is 2.49. The largest absolute Gasteiger partial charge is 0.392 e. The Hall–Kier alpha value is -1.72. The Kier molecular flexibility index (Phi) is 3.31. The SMILES string of the molecule is Cn1c(CN2CC[C@H](O)C2)nnc1-c1ccccc1. The molecule has 2 heterocycles. The summed E-state index contributed by atoms with van der Waals surface area (Å²) in [6, 6.07) is 10.1. The molecule has 1 atom stereocenters.